The van der Waals surface area contributed by atoms with Gasteiger partial charge >= 0.3 is 0 Å². The first-order chi connectivity index (χ1) is 10.1. The van der Waals surface area contributed by atoms with Crippen molar-refractivity contribution in [2.24, 2.45) is 0 Å². The molecule has 2 aromatic heterocycles. The molecule has 0 atom stereocenters. The minimum Gasteiger partial charge on any atom is -0.309 e. The summed E-state index contributed by atoms with van der Waals surface area (Å²) in [5, 5.41) is 13.3. The van der Waals surface area contributed by atoms with Crippen LogP contribution in [0.3, 0.4) is 0 Å². The lowest BCUT2D eigenvalue weighted by Crippen LogP contribution is -2.21. The normalized spacial score (nSPS) is 11.4. The number of aromatic nitrogens is 4. The standard InChI is InChI=1S/C15H16ClN5/c1-10(2)18-8-11-9-21(20-19-11)14-6-5-13(16)12-4-3-7-17-15(12)14/h3-7,9-10,18H,8H2,1-2H3. The topological polar surface area (TPSA) is 55.6 Å². The molecule has 0 saturated carbocycles. The van der Waals surface area contributed by atoms with Gasteiger partial charge in [-0.15, -0.1) is 5.10 Å². The molecule has 2 heterocycles. The lowest BCUT2D eigenvalue weighted by molar-refractivity contribution is 0.580. The predicted molar refractivity (Wildman–Crippen MR) is 83.6 cm³/mol. The number of nitrogens with one attached hydrogen (secondary N) is 1. The molecule has 6 heteroatoms. The number of pyridine rings is 1. The zero-order valence-corrected chi connectivity index (χ0v) is 12.7. The average molecular weight is 302 g/mol. The molecule has 0 radical (unpaired) electrons. The van der Waals surface area contributed by atoms with Gasteiger partial charge in [0.15, 0.2) is 0 Å². The Hall–Kier alpha value is -1.98. The third kappa shape index (κ3) is 2.89. The highest BCUT2D eigenvalue weighted by Crippen LogP contribution is 2.26. The summed E-state index contributed by atoms with van der Waals surface area (Å²) in [7, 11) is 0. The Labute approximate surface area is 127 Å². The van der Waals surface area contributed by atoms with Gasteiger partial charge in [-0.3, -0.25) is 4.98 Å². The number of hydrogen-bond acceptors (Lipinski definition) is 4. The van der Waals surface area contributed by atoms with Crippen molar-refractivity contribution in [2.75, 3.05) is 0 Å². The first kappa shape index (κ1) is 14.0. The monoisotopic (exact) mass is 301 g/mol. The molecule has 1 N–H and O–H groups in total. The van der Waals surface area contributed by atoms with Gasteiger partial charge in [-0.05, 0) is 24.3 Å². The van der Waals surface area contributed by atoms with Gasteiger partial charge in [-0.25, -0.2) is 4.68 Å². The summed E-state index contributed by atoms with van der Waals surface area (Å²) in [6.07, 6.45) is 3.66. The van der Waals surface area contributed by atoms with E-state index < -0.39 is 0 Å². The molecule has 0 spiro atoms. The minimum absolute atomic E-state index is 0.410. The predicted octanol–water partition coefficient (Wildman–Crippen LogP) is 2.97. The molecular formula is C15H16ClN5. The van der Waals surface area contributed by atoms with Crippen LogP contribution in [0.2, 0.25) is 5.02 Å². The maximum Gasteiger partial charge on any atom is 0.0974 e. The summed E-state index contributed by atoms with van der Waals surface area (Å²) in [4.78, 5) is 4.41. The lowest BCUT2D eigenvalue weighted by atomic mass is 10.2. The fourth-order valence-corrected chi connectivity index (χ4v) is 2.33. The van der Waals surface area contributed by atoms with Crippen LogP contribution in [0.5, 0.6) is 0 Å². The number of benzene rings is 1. The third-order valence-corrected chi connectivity index (χ3v) is 3.50. The minimum atomic E-state index is 0.410. The highest BCUT2D eigenvalue weighted by Gasteiger charge is 2.10. The van der Waals surface area contributed by atoms with Crippen LogP contribution in [-0.4, -0.2) is 26.0 Å². The number of fused-ring (bicyclic) bond motifs is 1. The Kier molecular flexibility index (Phi) is 3.86. The van der Waals surface area contributed by atoms with Gasteiger partial charge in [0.25, 0.3) is 0 Å². The SMILES string of the molecule is CC(C)NCc1cn(-c2ccc(Cl)c3cccnc23)nn1. The molecule has 21 heavy (non-hydrogen) atoms. The largest absolute Gasteiger partial charge is 0.309 e. The van der Waals surface area contributed by atoms with Crippen LogP contribution in [0, 0.1) is 0 Å². The molecule has 0 amide bonds. The fraction of sp³-hybridized carbons (Fsp3) is 0.267. The molecule has 108 valence electrons. The molecule has 3 rings (SSSR count). The summed E-state index contributed by atoms with van der Waals surface area (Å²) >= 11 is 6.21. The van der Waals surface area contributed by atoms with Gasteiger partial charge in [0.05, 0.1) is 28.1 Å². The summed E-state index contributed by atoms with van der Waals surface area (Å²) in [5.74, 6) is 0. The summed E-state index contributed by atoms with van der Waals surface area (Å²) in [6.45, 7) is 4.89. The molecule has 3 aromatic rings. The number of nitrogens with zero attached hydrogens (tertiary/aromatic N) is 4. The van der Waals surface area contributed by atoms with Crippen LogP contribution < -0.4 is 5.32 Å². The van der Waals surface area contributed by atoms with Crippen LogP contribution >= 0.6 is 11.6 Å². The molecule has 0 unspecified atom stereocenters. The van der Waals surface area contributed by atoms with E-state index in [0.717, 1.165) is 22.3 Å². The zero-order valence-electron chi connectivity index (χ0n) is 11.9. The highest BCUT2D eigenvalue weighted by molar-refractivity contribution is 6.35. The second-order valence-electron chi connectivity index (χ2n) is 5.16. The van der Waals surface area contributed by atoms with E-state index in [1.807, 2.05) is 30.5 Å². The van der Waals surface area contributed by atoms with E-state index in [1.54, 1.807) is 10.9 Å². The van der Waals surface area contributed by atoms with E-state index in [-0.39, 0.29) is 0 Å². The summed E-state index contributed by atoms with van der Waals surface area (Å²) < 4.78 is 1.74. The molecule has 0 fully saturated rings. The van der Waals surface area contributed by atoms with E-state index in [4.69, 9.17) is 11.6 Å². The number of rotatable bonds is 4. The molecule has 0 aliphatic carbocycles. The molecule has 0 aliphatic rings. The zero-order chi connectivity index (χ0) is 14.8. The second kappa shape index (κ2) is 5.79. The highest BCUT2D eigenvalue weighted by atomic mass is 35.5. The van der Waals surface area contributed by atoms with Crippen molar-refractivity contribution < 1.29 is 0 Å². The van der Waals surface area contributed by atoms with Crippen molar-refractivity contribution in [3.63, 3.8) is 0 Å². The Morgan fingerprint density at radius 2 is 2.14 bits per heavy atom. The van der Waals surface area contributed by atoms with Gasteiger partial charge in [0.2, 0.25) is 0 Å². The van der Waals surface area contributed by atoms with Crippen molar-refractivity contribution in [1.82, 2.24) is 25.3 Å². The average Bonchev–Trinajstić information content (AvgIpc) is 2.94. The van der Waals surface area contributed by atoms with Crippen molar-refractivity contribution >= 4 is 22.5 Å². The Morgan fingerprint density at radius 3 is 2.95 bits per heavy atom. The molecular weight excluding hydrogens is 286 g/mol. The molecule has 1 aromatic carbocycles. The van der Waals surface area contributed by atoms with Gasteiger partial charge in [-0.2, -0.15) is 0 Å². The maximum absolute atomic E-state index is 6.21. The smallest absolute Gasteiger partial charge is 0.0974 e. The number of halogens is 1. The Morgan fingerprint density at radius 1 is 1.29 bits per heavy atom. The van der Waals surface area contributed by atoms with Crippen LogP contribution in [0.15, 0.2) is 36.7 Å². The summed E-state index contributed by atoms with van der Waals surface area (Å²) in [6, 6.07) is 8.00. The molecule has 0 saturated heterocycles. The van der Waals surface area contributed by atoms with Gasteiger partial charge in [0, 0.05) is 24.2 Å². The van der Waals surface area contributed by atoms with Crippen molar-refractivity contribution in [3.05, 3.63) is 47.4 Å². The van der Waals surface area contributed by atoms with Crippen LogP contribution in [0.1, 0.15) is 19.5 Å². The maximum atomic E-state index is 6.21. The fourth-order valence-electron chi connectivity index (χ4n) is 2.11. The van der Waals surface area contributed by atoms with E-state index in [0.29, 0.717) is 17.6 Å². The van der Waals surface area contributed by atoms with Crippen molar-refractivity contribution in [1.29, 1.82) is 0 Å². The molecule has 0 bridgehead atoms. The van der Waals surface area contributed by atoms with Crippen molar-refractivity contribution in [2.45, 2.75) is 26.4 Å². The Bertz CT molecular complexity index is 766. The first-order valence-electron chi connectivity index (χ1n) is 6.83. The number of hydrogen-bond donors (Lipinski definition) is 1. The van der Waals surface area contributed by atoms with E-state index >= 15 is 0 Å². The second-order valence-corrected chi connectivity index (χ2v) is 5.56. The molecule has 0 aliphatic heterocycles. The van der Waals surface area contributed by atoms with Gasteiger partial charge in [-0.1, -0.05) is 30.7 Å². The van der Waals surface area contributed by atoms with Gasteiger partial charge < -0.3 is 5.32 Å². The quantitative estimate of drug-likeness (QED) is 0.805. The first-order valence-corrected chi connectivity index (χ1v) is 7.21. The van der Waals surface area contributed by atoms with E-state index in [9.17, 15) is 0 Å². The Balaban J connectivity index is 1.99. The van der Waals surface area contributed by atoms with Crippen molar-refractivity contribution in [3.8, 4) is 5.69 Å². The molecule has 5 nitrogen and oxygen atoms in total. The van der Waals surface area contributed by atoms with Crippen LogP contribution in [-0.2, 0) is 6.54 Å². The van der Waals surface area contributed by atoms with E-state index in [1.165, 1.54) is 0 Å². The van der Waals surface area contributed by atoms with Gasteiger partial charge in [0.1, 0.15) is 0 Å². The summed E-state index contributed by atoms with van der Waals surface area (Å²) in [5.41, 5.74) is 2.58. The van der Waals surface area contributed by atoms with E-state index in [2.05, 4.69) is 34.5 Å². The third-order valence-electron chi connectivity index (χ3n) is 3.17. The van der Waals surface area contributed by atoms with Crippen LogP contribution in [0.25, 0.3) is 16.6 Å². The lowest BCUT2D eigenvalue weighted by Gasteiger charge is -2.06. The van der Waals surface area contributed by atoms with Crippen LogP contribution in [0.4, 0.5) is 0 Å².